The molecule has 4 N–H and O–H groups in total. The molecule has 4 atom stereocenters. The van der Waals surface area contributed by atoms with E-state index in [2.05, 4.69) is 32.7 Å². The highest BCUT2D eigenvalue weighted by Crippen LogP contribution is 2.52. The molecule has 1 aromatic carbocycles. The standard InChI is InChI=1S/C44H54N8O10S2/c1-57-35-25-19-31(27-21-45-39(47-27)29-7-5-13-51(29)41(53)33(49-43(55)59-3)23-9-15-61-16-10-23)64-38(25)36(58-2)26-20-32(63-37(26)35)28-22-46-40(48-28)30-8-6-14-52(30)42(54)34(50-44(56)60-4)24-11-17-62-18-12-24/h19-24,29-30,33-34H,5-18H2,1-4H3,(H,45,47)(H,46,48)(H,49,55)(H,50,56). The molecule has 0 bridgehead atoms. The number of rotatable bonds is 12. The molecule has 18 nitrogen and oxygen atoms in total. The van der Waals surface area contributed by atoms with E-state index in [4.69, 9.17) is 38.4 Å². The van der Waals surface area contributed by atoms with Crippen molar-refractivity contribution in [2.45, 2.75) is 75.5 Å². The Morgan fingerprint density at radius 2 is 1.06 bits per heavy atom. The predicted octanol–water partition coefficient (Wildman–Crippen LogP) is 6.54. The molecule has 0 saturated carbocycles. The Morgan fingerprint density at radius 3 is 1.44 bits per heavy atom. The van der Waals surface area contributed by atoms with Crippen molar-refractivity contribution in [2.75, 3.05) is 68.0 Å². The largest absolute Gasteiger partial charge is 0.495 e. The first-order valence-corrected chi connectivity index (χ1v) is 23.5. The Balaban J connectivity index is 0.967. The zero-order valence-electron chi connectivity index (χ0n) is 36.4. The Bertz CT molecular complexity index is 2280. The highest BCUT2D eigenvalue weighted by Gasteiger charge is 2.42. The average Bonchev–Trinajstić information content (AvgIpc) is 4.18. The maximum Gasteiger partial charge on any atom is 0.407 e. The molecule has 4 unspecified atom stereocenters. The van der Waals surface area contributed by atoms with Gasteiger partial charge in [-0.3, -0.25) is 9.59 Å². The quantitative estimate of drug-likeness (QED) is 0.105. The molecule has 64 heavy (non-hydrogen) atoms. The van der Waals surface area contributed by atoms with Crippen LogP contribution in [-0.4, -0.2) is 134 Å². The molecule has 5 aromatic rings. The van der Waals surface area contributed by atoms with Crippen LogP contribution in [0.3, 0.4) is 0 Å². The molecule has 4 aliphatic heterocycles. The van der Waals surface area contributed by atoms with Crippen LogP contribution in [0.1, 0.15) is 75.1 Å². The molecular formula is C44H54N8O10S2. The van der Waals surface area contributed by atoms with Crippen LogP contribution in [0.4, 0.5) is 9.59 Å². The summed E-state index contributed by atoms with van der Waals surface area (Å²) in [6.07, 6.45) is 8.15. The molecule has 342 valence electrons. The molecule has 0 aliphatic carbocycles. The molecule has 4 saturated heterocycles. The Morgan fingerprint density at radius 1 is 0.656 bits per heavy atom. The number of imidazole rings is 2. The van der Waals surface area contributed by atoms with E-state index in [0.717, 1.165) is 78.5 Å². The Hall–Kier alpha value is -5.44. The summed E-state index contributed by atoms with van der Waals surface area (Å²) in [5, 5.41) is 7.43. The van der Waals surface area contributed by atoms with Crippen LogP contribution in [0.5, 0.6) is 11.5 Å². The second kappa shape index (κ2) is 19.0. The highest BCUT2D eigenvalue weighted by molar-refractivity contribution is 7.24. The van der Waals surface area contributed by atoms with Gasteiger partial charge in [-0.1, -0.05) is 0 Å². The van der Waals surface area contributed by atoms with Gasteiger partial charge in [-0.2, -0.15) is 0 Å². The first kappa shape index (κ1) is 43.8. The Kier molecular flexibility index (Phi) is 13.0. The zero-order valence-corrected chi connectivity index (χ0v) is 38.0. The van der Waals surface area contributed by atoms with Gasteiger partial charge in [0.05, 0.1) is 83.5 Å². The number of alkyl carbamates (subject to hydrolysis) is 2. The number of fused-ring (bicyclic) bond motifs is 2. The number of benzene rings is 1. The second-order valence-electron chi connectivity index (χ2n) is 16.6. The van der Waals surface area contributed by atoms with E-state index in [1.807, 2.05) is 9.80 Å². The summed E-state index contributed by atoms with van der Waals surface area (Å²) < 4.78 is 35.0. The molecule has 0 spiro atoms. The van der Waals surface area contributed by atoms with Gasteiger partial charge in [0.15, 0.2) is 0 Å². The number of hydrogen-bond donors (Lipinski definition) is 4. The molecule has 4 aliphatic rings. The summed E-state index contributed by atoms with van der Waals surface area (Å²) in [4.78, 5) is 75.2. The minimum atomic E-state index is -0.717. The smallest absolute Gasteiger partial charge is 0.407 e. The van der Waals surface area contributed by atoms with Crippen LogP contribution < -0.4 is 20.1 Å². The van der Waals surface area contributed by atoms with Gasteiger partial charge in [0, 0.05) is 50.3 Å². The molecule has 4 amide bonds. The van der Waals surface area contributed by atoms with Crippen LogP contribution in [0.2, 0.25) is 0 Å². The third-order valence-electron chi connectivity index (χ3n) is 13.1. The maximum absolute atomic E-state index is 14.1. The number of H-pyrrole nitrogens is 2. The fourth-order valence-corrected chi connectivity index (χ4v) is 12.2. The van der Waals surface area contributed by atoms with Gasteiger partial charge in [-0.05, 0) is 75.3 Å². The first-order valence-electron chi connectivity index (χ1n) is 21.9. The first-order chi connectivity index (χ1) is 31.2. The summed E-state index contributed by atoms with van der Waals surface area (Å²) in [5.41, 5.74) is 1.61. The number of carbonyl (C=O) groups excluding carboxylic acids is 4. The van der Waals surface area contributed by atoms with E-state index >= 15 is 0 Å². The van der Waals surface area contributed by atoms with Crippen LogP contribution in [-0.2, 0) is 28.5 Å². The Labute approximate surface area is 377 Å². The maximum atomic E-state index is 14.1. The number of nitrogens with zero attached hydrogens (tertiary/aromatic N) is 4. The lowest BCUT2D eigenvalue weighted by molar-refractivity contribution is -0.137. The van der Waals surface area contributed by atoms with Crippen LogP contribution in [0, 0.1) is 11.8 Å². The van der Waals surface area contributed by atoms with Gasteiger partial charge in [-0.25, -0.2) is 19.6 Å². The van der Waals surface area contributed by atoms with Crippen molar-refractivity contribution in [1.29, 1.82) is 0 Å². The summed E-state index contributed by atoms with van der Waals surface area (Å²) in [6, 6.07) is 2.18. The fourth-order valence-electron chi connectivity index (χ4n) is 9.85. The molecule has 0 radical (unpaired) electrons. The number of carbonyl (C=O) groups is 4. The summed E-state index contributed by atoms with van der Waals surface area (Å²) in [7, 11) is 5.94. The minimum absolute atomic E-state index is 0.0558. The highest BCUT2D eigenvalue weighted by atomic mass is 32.1. The van der Waals surface area contributed by atoms with Crippen molar-refractivity contribution in [2.24, 2.45) is 11.8 Å². The van der Waals surface area contributed by atoms with Crippen LogP contribution in [0.15, 0.2) is 24.5 Å². The van der Waals surface area contributed by atoms with Crippen molar-refractivity contribution in [3.63, 3.8) is 0 Å². The van der Waals surface area contributed by atoms with Crippen molar-refractivity contribution in [1.82, 2.24) is 40.4 Å². The summed E-state index contributed by atoms with van der Waals surface area (Å²) in [5.74, 6) is 2.43. The molecule has 9 rings (SSSR count). The predicted molar refractivity (Wildman–Crippen MR) is 239 cm³/mol. The van der Waals surface area contributed by atoms with Crippen LogP contribution >= 0.6 is 22.7 Å². The van der Waals surface area contributed by atoms with Gasteiger partial charge >= 0.3 is 12.2 Å². The lowest BCUT2D eigenvalue weighted by Gasteiger charge is -2.34. The number of hydrogen-bond acceptors (Lipinski definition) is 14. The molecule has 8 heterocycles. The number of methoxy groups -OCH3 is 4. The van der Waals surface area contributed by atoms with Crippen molar-refractivity contribution >= 4 is 66.8 Å². The van der Waals surface area contributed by atoms with Gasteiger partial charge in [0.1, 0.15) is 35.2 Å². The van der Waals surface area contributed by atoms with E-state index in [1.165, 1.54) is 14.2 Å². The number of thiophene rings is 2. The van der Waals surface area contributed by atoms with Crippen molar-refractivity contribution in [3.05, 3.63) is 36.2 Å². The van der Waals surface area contributed by atoms with Gasteiger partial charge in [-0.15, -0.1) is 22.7 Å². The molecular weight excluding hydrogens is 865 g/mol. The lowest BCUT2D eigenvalue weighted by Crippen LogP contribution is -2.53. The number of amides is 4. The number of aromatic nitrogens is 4. The van der Waals surface area contributed by atoms with Crippen LogP contribution in [0.25, 0.3) is 41.3 Å². The SMILES string of the molecule is COC(=O)NC(C(=O)N1CCCC1c1ncc(-c2cc3c(OC)c4sc(-c5cnc(C6CCCN6C(=O)C(NC(=O)OC)C6CCOCC6)[nH]5)cc4c(OC)c3s2)[nH]1)C1CCOCC1. The number of likely N-dealkylation sites (tertiary alicyclic amines) is 2. The lowest BCUT2D eigenvalue weighted by atomic mass is 9.90. The monoisotopic (exact) mass is 918 g/mol. The number of ether oxygens (including phenoxy) is 6. The molecule has 4 aromatic heterocycles. The average molecular weight is 919 g/mol. The van der Waals surface area contributed by atoms with E-state index in [-0.39, 0.29) is 35.7 Å². The fraction of sp³-hybridized carbons (Fsp3) is 0.545. The van der Waals surface area contributed by atoms with Gasteiger partial charge < -0.3 is 58.8 Å². The summed E-state index contributed by atoms with van der Waals surface area (Å²) in [6.45, 7) is 3.29. The molecule has 4 fully saturated rings. The van der Waals surface area contributed by atoms with Crippen molar-refractivity contribution in [3.8, 4) is 32.6 Å². The van der Waals surface area contributed by atoms with Gasteiger partial charge in [0.2, 0.25) is 11.8 Å². The normalized spacial score (nSPS) is 20.7. The van der Waals surface area contributed by atoms with E-state index in [9.17, 15) is 19.2 Å². The number of nitrogens with one attached hydrogen (secondary N) is 4. The molecule has 20 heteroatoms. The van der Waals surface area contributed by atoms with E-state index < -0.39 is 24.3 Å². The van der Waals surface area contributed by atoms with Gasteiger partial charge in [0.25, 0.3) is 0 Å². The van der Waals surface area contributed by atoms with E-state index in [1.54, 1.807) is 49.3 Å². The zero-order chi connectivity index (χ0) is 44.5. The second-order valence-corrected chi connectivity index (χ2v) is 18.7. The minimum Gasteiger partial charge on any atom is -0.495 e. The summed E-state index contributed by atoms with van der Waals surface area (Å²) >= 11 is 3.13. The third kappa shape index (κ3) is 8.35. The van der Waals surface area contributed by atoms with Crippen molar-refractivity contribution < 1.29 is 47.6 Å². The number of aromatic amines is 2. The third-order valence-corrected chi connectivity index (χ3v) is 15.5. The van der Waals surface area contributed by atoms with E-state index in [0.29, 0.717) is 76.8 Å². The topological polar surface area (TPSA) is 212 Å².